The highest BCUT2D eigenvalue weighted by molar-refractivity contribution is 5.92. The summed E-state index contributed by atoms with van der Waals surface area (Å²) >= 11 is 0. The second-order valence-corrected chi connectivity index (χ2v) is 6.57. The van der Waals surface area contributed by atoms with E-state index in [0.29, 0.717) is 22.6 Å². The van der Waals surface area contributed by atoms with E-state index in [4.69, 9.17) is 0 Å². The van der Waals surface area contributed by atoms with Crippen LogP contribution >= 0.6 is 0 Å². The minimum Gasteiger partial charge on any atom is -0.352 e. The van der Waals surface area contributed by atoms with Crippen LogP contribution in [0.1, 0.15) is 40.8 Å². The van der Waals surface area contributed by atoms with Crippen molar-refractivity contribution >= 4 is 17.5 Å². The first kappa shape index (κ1) is 20.3. The number of fused-ring (bicyclic) bond motifs is 1. The number of alkyl halides is 2. The average Bonchev–Trinajstić information content (AvgIpc) is 3.29. The number of nitrogens with one attached hydrogen (secondary N) is 2. The third kappa shape index (κ3) is 5.09. The topological polar surface area (TPSA) is 127 Å². The summed E-state index contributed by atoms with van der Waals surface area (Å²) < 4.78 is 31.0. The Balaban J connectivity index is 1.57. The van der Waals surface area contributed by atoms with Gasteiger partial charge >= 0.3 is 0 Å². The van der Waals surface area contributed by atoms with Gasteiger partial charge < -0.3 is 10.6 Å². The first-order valence-corrected chi connectivity index (χ1v) is 8.79. The van der Waals surface area contributed by atoms with Gasteiger partial charge in [0.15, 0.2) is 11.3 Å². The SMILES string of the molecule is Cc1nonc1C(=O)NCc1cn2ncc(CNC(=O)CC(C)C(F)F)cc2n1. The molecule has 0 fully saturated rings. The molecule has 3 rings (SSSR count). The molecule has 1 unspecified atom stereocenters. The fourth-order valence-corrected chi connectivity index (χ4v) is 2.49. The van der Waals surface area contributed by atoms with E-state index in [-0.39, 0.29) is 25.2 Å². The standard InChI is InChI=1S/C17H19F2N7O3/c1-9(16(18)19)3-14(27)20-5-11-4-13-23-12(8-26(13)22-6-11)7-21-17(28)15-10(2)24-29-25-15/h4,6,8-9,16H,3,5,7H2,1-2H3,(H,20,27)(H,21,28). The molecule has 0 aliphatic carbocycles. The number of nitrogens with zero attached hydrogens (tertiary/aromatic N) is 5. The number of aromatic nitrogens is 5. The Hall–Kier alpha value is -3.44. The van der Waals surface area contributed by atoms with Crippen LogP contribution in [0.3, 0.4) is 0 Å². The number of carbonyl (C=O) groups excluding carboxylic acids is 2. The van der Waals surface area contributed by atoms with Gasteiger partial charge in [-0.3, -0.25) is 9.59 Å². The van der Waals surface area contributed by atoms with Gasteiger partial charge in [0.05, 0.1) is 24.6 Å². The molecule has 3 aromatic heterocycles. The summed E-state index contributed by atoms with van der Waals surface area (Å²) in [4.78, 5) is 28.1. The van der Waals surface area contributed by atoms with Crippen molar-refractivity contribution in [3.8, 4) is 0 Å². The first-order chi connectivity index (χ1) is 13.8. The van der Waals surface area contributed by atoms with Crippen molar-refractivity contribution in [2.24, 2.45) is 5.92 Å². The van der Waals surface area contributed by atoms with Crippen molar-refractivity contribution in [3.63, 3.8) is 0 Å². The fourth-order valence-electron chi connectivity index (χ4n) is 2.49. The predicted molar refractivity (Wildman–Crippen MR) is 94.8 cm³/mol. The predicted octanol–water partition coefficient (Wildman–Crippen LogP) is 1.26. The molecule has 3 aromatic rings. The van der Waals surface area contributed by atoms with Gasteiger partial charge in [-0.25, -0.2) is 22.9 Å². The lowest BCUT2D eigenvalue weighted by molar-refractivity contribution is -0.123. The number of amides is 2. The van der Waals surface area contributed by atoms with E-state index < -0.39 is 24.2 Å². The lowest BCUT2D eigenvalue weighted by Crippen LogP contribution is -2.26. The Labute approximate surface area is 163 Å². The van der Waals surface area contributed by atoms with Gasteiger partial charge in [0.25, 0.3) is 5.91 Å². The second kappa shape index (κ2) is 8.71. The first-order valence-electron chi connectivity index (χ1n) is 8.79. The molecular formula is C17H19F2N7O3. The Morgan fingerprint density at radius 2 is 2.03 bits per heavy atom. The lowest BCUT2D eigenvalue weighted by atomic mass is 10.1. The molecule has 2 N–H and O–H groups in total. The number of imidazole rings is 1. The summed E-state index contributed by atoms with van der Waals surface area (Å²) in [5, 5.41) is 16.5. The van der Waals surface area contributed by atoms with Gasteiger partial charge in [0, 0.05) is 18.9 Å². The van der Waals surface area contributed by atoms with Gasteiger partial charge in [-0.2, -0.15) is 5.10 Å². The third-order valence-corrected chi connectivity index (χ3v) is 4.15. The van der Waals surface area contributed by atoms with Crippen LogP contribution in [0.15, 0.2) is 23.1 Å². The van der Waals surface area contributed by atoms with Gasteiger partial charge in [0.2, 0.25) is 12.3 Å². The molecule has 0 aliphatic rings. The molecule has 0 saturated carbocycles. The van der Waals surface area contributed by atoms with E-state index in [0.717, 1.165) is 0 Å². The number of rotatable bonds is 8. The molecule has 0 spiro atoms. The molecule has 0 aliphatic heterocycles. The Morgan fingerprint density at radius 3 is 2.72 bits per heavy atom. The molecule has 10 nitrogen and oxygen atoms in total. The number of aryl methyl sites for hydroxylation is 1. The minimum absolute atomic E-state index is 0.103. The van der Waals surface area contributed by atoms with Crippen LogP contribution in [0.2, 0.25) is 0 Å². The van der Waals surface area contributed by atoms with E-state index >= 15 is 0 Å². The van der Waals surface area contributed by atoms with Crippen molar-refractivity contribution < 1.29 is 23.0 Å². The summed E-state index contributed by atoms with van der Waals surface area (Å²) in [6.07, 6.45) is 0.405. The second-order valence-electron chi connectivity index (χ2n) is 6.57. The van der Waals surface area contributed by atoms with Crippen molar-refractivity contribution in [1.82, 2.24) is 35.5 Å². The van der Waals surface area contributed by atoms with Crippen molar-refractivity contribution in [3.05, 3.63) is 41.1 Å². The zero-order valence-corrected chi connectivity index (χ0v) is 15.7. The summed E-state index contributed by atoms with van der Waals surface area (Å²) in [5.41, 5.74) is 2.23. The van der Waals surface area contributed by atoms with Crippen molar-refractivity contribution in [1.29, 1.82) is 0 Å². The number of carbonyl (C=O) groups is 2. The molecule has 1 atom stereocenters. The van der Waals surface area contributed by atoms with Gasteiger partial charge in [-0.1, -0.05) is 12.1 Å². The van der Waals surface area contributed by atoms with Gasteiger partial charge in [-0.05, 0) is 23.7 Å². The van der Waals surface area contributed by atoms with E-state index in [1.807, 2.05) is 0 Å². The number of hydrogen-bond donors (Lipinski definition) is 2. The molecule has 0 aromatic carbocycles. The number of hydrogen-bond acceptors (Lipinski definition) is 7. The molecule has 0 saturated heterocycles. The summed E-state index contributed by atoms with van der Waals surface area (Å²) in [5.74, 6) is -1.89. The molecule has 3 heterocycles. The van der Waals surface area contributed by atoms with Gasteiger partial charge in [0.1, 0.15) is 5.69 Å². The van der Waals surface area contributed by atoms with Crippen LogP contribution in [-0.4, -0.2) is 43.2 Å². The van der Waals surface area contributed by atoms with Crippen molar-refractivity contribution in [2.75, 3.05) is 0 Å². The van der Waals surface area contributed by atoms with E-state index in [1.165, 1.54) is 17.6 Å². The van der Waals surface area contributed by atoms with Gasteiger partial charge in [-0.15, -0.1) is 0 Å². The maximum Gasteiger partial charge on any atom is 0.275 e. The minimum atomic E-state index is -2.54. The van der Waals surface area contributed by atoms with Crippen molar-refractivity contribution in [2.45, 2.75) is 39.8 Å². The lowest BCUT2D eigenvalue weighted by Gasteiger charge is -2.10. The molecule has 0 radical (unpaired) electrons. The molecule has 12 heteroatoms. The van der Waals surface area contributed by atoms with Crippen LogP contribution in [0.4, 0.5) is 8.78 Å². The summed E-state index contributed by atoms with van der Waals surface area (Å²) in [6.45, 7) is 3.22. The Morgan fingerprint density at radius 1 is 1.24 bits per heavy atom. The van der Waals surface area contributed by atoms with E-state index in [1.54, 1.807) is 19.2 Å². The highest BCUT2D eigenvalue weighted by Gasteiger charge is 2.18. The maximum atomic E-state index is 12.5. The number of halogens is 2. The molecule has 0 bridgehead atoms. The molecule has 2 amide bonds. The maximum absolute atomic E-state index is 12.5. The quantitative estimate of drug-likeness (QED) is 0.575. The molecule has 29 heavy (non-hydrogen) atoms. The van der Waals surface area contributed by atoms with Crippen LogP contribution in [-0.2, 0) is 17.9 Å². The Bertz CT molecular complexity index is 1020. The van der Waals surface area contributed by atoms with Crippen LogP contribution in [0, 0.1) is 12.8 Å². The third-order valence-electron chi connectivity index (χ3n) is 4.15. The highest BCUT2D eigenvalue weighted by atomic mass is 19.3. The van der Waals surface area contributed by atoms with Crippen LogP contribution < -0.4 is 10.6 Å². The molecule has 154 valence electrons. The van der Waals surface area contributed by atoms with Crippen LogP contribution in [0.5, 0.6) is 0 Å². The molecular weight excluding hydrogens is 388 g/mol. The largest absolute Gasteiger partial charge is 0.352 e. The van der Waals surface area contributed by atoms with E-state index in [9.17, 15) is 18.4 Å². The summed E-state index contributed by atoms with van der Waals surface area (Å²) in [6, 6.07) is 1.71. The highest BCUT2D eigenvalue weighted by Crippen LogP contribution is 2.13. The average molecular weight is 407 g/mol. The zero-order chi connectivity index (χ0) is 21.0. The van der Waals surface area contributed by atoms with Crippen LogP contribution in [0.25, 0.3) is 5.65 Å². The fraction of sp³-hybridized carbons (Fsp3) is 0.412. The zero-order valence-electron chi connectivity index (χ0n) is 15.7. The normalized spacial score (nSPS) is 12.3. The smallest absolute Gasteiger partial charge is 0.275 e. The Kier molecular flexibility index (Phi) is 6.10. The van der Waals surface area contributed by atoms with E-state index in [2.05, 4.69) is 35.7 Å². The summed E-state index contributed by atoms with van der Waals surface area (Å²) in [7, 11) is 0. The monoisotopic (exact) mass is 407 g/mol.